The quantitative estimate of drug-likeness (QED) is 0.814. The minimum atomic E-state index is -0.193. The lowest BCUT2D eigenvalue weighted by Gasteiger charge is -2.40. The van der Waals surface area contributed by atoms with Gasteiger partial charge in [-0.15, -0.1) is 0 Å². The molecule has 1 saturated heterocycles. The van der Waals surface area contributed by atoms with Gasteiger partial charge in [0, 0.05) is 32.2 Å². The van der Waals surface area contributed by atoms with Gasteiger partial charge in [0.2, 0.25) is 0 Å². The summed E-state index contributed by atoms with van der Waals surface area (Å²) in [6.07, 6.45) is 0.699. The van der Waals surface area contributed by atoms with E-state index in [0.717, 1.165) is 32.6 Å². The SMILES string of the molecule is CCN1CCN(CCC(O)C(C)(C)C)CC1C. The van der Waals surface area contributed by atoms with Crippen LogP contribution in [0.3, 0.4) is 0 Å². The molecular formula is C14H30N2O. The highest BCUT2D eigenvalue weighted by Crippen LogP contribution is 2.22. The number of rotatable bonds is 4. The van der Waals surface area contributed by atoms with Crippen LogP contribution in [0.1, 0.15) is 41.0 Å². The van der Waals surface area contributed by atoms with Gasteiger partial charge in [0.15, 0.2) is 0 Å². The van der Waals surface area contributed by atoms with Crippen molar-refractivity contribution in [2.24, 2.45) is 5.41 Å². The molecular weight excluding hydrogens is 212 g/mol. The lowest BCUT2D eigenvalue weighted by Crippen LogP contribution is -2.52. The van der Waals surface area contributed by atoms with E-state index in [1.807, 2.05) is 0 Å². The number of aliphatic hydroxyl groups is 1. The fourth-order valence-corrected chi connectivity index (χ4v) is 2.48. The molecule has 0 aromatic rings. The van der Waals surface area contributed by atoms with Crippen molar-refractivity contribution in [1.82, 2.24) is 9.80 Å². The maximum Gasteiger partial charge on any atom is 0.0600 e. The summed E-state index contributed by atoms with van der Waals surface area (Å²) >= 11 is 0. The van der Waals surface area contributed by atoms with Gasteiger partial charge in [-0.1, -0.05) is 27.7 Å². The van der Waals surface area contributed by atoms with Gasteiger partial charge in [-0.3, -0.25) is 4.90 Å². The molecule has 3 heteroatoms. The molecule has 0 saturated carbocycles. The summed E-state index contributed by atoms with van der Waals surface area (Å²) in [5.74, 6) is 0. The molecule has 2 atom stereocenters. The Hall–Kier alpha value is -0.120. The molecule has 3 nitrogen and oxygen atoms in total. The van der Waals surface area contributed by atoms with Crippen molar-refractivity contribution in [3.05, 3.63) is 0 Å². The summed E-state index contributed by atoms with van der Waals surface area (Å²) in [4.78, 5) is 5.02. The zero-order chi connectivity index (χ0) is 13.1. The standard InChI is InChI=1S/C14H30N2O/c1-6-16-10-9-15(11-12(16)2)8-7-13(17)14(3,4)5/h12-13,17H,6-11H2,1-5H3. The van der Waals surface area contributed by atoms with E-state index in [2.05, 4.69) is 44.4 Å². The van der Waals surface area contributed by atoms with Crippen LogP contribution < -0.4 is 0 Å². The van der Waals surface area contributed by atoms with Crippen LogP contribution in [-0.4, -0.2) is 59.8 Å². The van der Waals surface area contributed by atoms with Crippen LogP contribution in [-0.2, 0) is 0 Å². The van der Waals surface area contributed by atoms with E-state index in [-0.39, 0.29) is 11.5 Å². The van der Waals surface area contributed by atoms with Crippen molar-refractivity contribution < 1.29 is 5.11 Å². The molecule has 2 unspecified atom stereocenters. The topological polar surface area (TPSA) is 26.7 Å². The molecule has 1 aliphatic rings. The second kappa shape index (κ2) is 6.17. The fourth-order valence-electron chi connectivity index (χ4n) is 2.48. The molecule has 0 bridgehead atoms. The van der Waals surface area contributed by atoms with E-state index < -0.39 is 0 Å². The Kier molecular flexibility index (Phi) is 5.42. The van der Waals surface area contributed by atoms with Crippen molar-refractivity contribution in [3.8, 4) is 0 Å². The van der Waals surface area contributed by atoms with Crippen LogP contribution in [0, 0.1) is 5.41 Å². The second-order valence-corrected chi connectivity index (χ2v) is 6.45. The van der Waals surface area contributed by atoms with E-state index in [9.17, 15) is 5.11 Å². The van der Waals surface area contributed by atoms with Crippen LogP contribution in [0.15, 0.2) is 0 Å². The molecule has 0 radical (unpaired) electrons. The van der Waals surface area contributed by atoms with Gasteiger partial charge < -0.3 is 10.0 Å². The van der Waals surface area contributed by atoms with E-state index in [1.165, 1.54) is 6.54 Å². The fraction of sp³-hybridized carbons (Fsp3) is 1.00. The average Bonchev–Trinajstić information content (AvgIpc) is 2.24. The van der Waals surface area contributed by atoms with E-state index in [4.69, 9.17) is 0 Å². The van der Waals surface area contributed by atoms with Gasteiger partial charge in [-0.25, -0.2) is 0 Å². The molecule has 1 fully saturated rings. The Morgan fingerprint density at radius 2 is 1.94 bits per heavy atom. The first-order valence-electron chi connectivity index (χ1n) is 6.99. The molecule has 0 amide bonds. The highest BCUT2D eigenvalue weighted by Gasteiger charge is 2.25. The molecule has 1 heterocycles. The first kappa shape index (κ1) is 14.9. The summed E-state index contributed by atoms with van der Waals surface area (Å²) < 4.78 is 0. The molecule has 0 aromatic carbocycles. The minimum Gasteiger partial charge on any atom is -0.393 e. The number of likely N-dealkylation sites (N-methyl/N-ethyl adjacent to an activating group) is 1. The summed E-state index contributed by atoms with van der Waals surface area (Å²) in [6.45, 7) is 16.5. The van der Waals surface area contributed by atoms with Crippen LogP contribution in [0.25, 0.3) is 0 Å². The number of hydrogen-bond acceptors (Lipinski definition) is 3. The lowest BCUT2D eigenvalue weighted by atomic mass is 9.87. The first-order valence-corrected chi connectivity index (χ1v) is 6.99. The molecule has 0 aromatic heterocycles. The Balaban J connectivity index is 2.30. The monoisotopic (exact) mass is 242 g/mol. The smallest absolute Gasteiger partial charge is 0.0600 e. The zero-order valence-electron chi connectivity index (χ0n) is 12.2. The number of nitrogens with zero attached hydrogens (tertiary/aromatic N) is 2. The van der Waals surface area contributed by atoms with Crippen LogP contribution in [0.4, 0.5) is 0 Å². The normalized spacial score (nSPS) is 26.1. The maximum atomic E-state index is 10.0. The molecule has 1 aliphatic heterocycles. The zero-order valence-corrected chi connectivity index (χ0v) is 12.2. The van der Waals surface area contributed by atoms with Gasteiger partial charge >= 0.3 is 0 Å². The summed E-state index contributed by atoms with van der Waals surface area (Å²) in [5, 5.41) is 10.0. The molecule has 1 rings (SSSR count). The minimum absolute atomic E-state index is 0.0108. The van der Waals surface area contributed by atoms with Crippen molar-refractivity contribution >= 4 is 0 Å². The van der Waals surface area contributed by atoms with Crippen molar-refractivity contribution in [2.75, 3.05) is 32.7 Å². The van der Waals surface area contributed by atoms with E-state index >= 15 is 0 Å². The van der Waals surface area contributed by atoms with Gasteiger partial charge in [0.05, 0.1) is 6.10 Å². The number of piperazine rings is 1. The molecule has 102 valence electrons. The van der Waals surface area contributed by atoms with Gasteiger partial charge in [0.25, 0.3) is 0 Å². The molecule has 1 N–H and O–H groups in total. The van der Waals surface area contributed by atoms with Gasteiger partial charge in [0.1, 0.15) is 0 Å². The van der Waals surface area contributed by atoms with E-state index in [1.54, 1.807) is 0 Å². The number of hydrogen-bond donors (Lipinski definition) is 1. The average molecular weight is 242 g/mol. The highest BCUT2D eigenvalue weighted by atomic mass is 16.3. The largest absolute Gasteiger partial charge is 0.393 e. The number of aliphatic hydroxyl groups excluding tert-OH is 1. The van der Waals surface area contributed by atoms with Gasteiger partial charge in [-0.2, -0.15) is 0 Å². The van der Waals surface area contributed by atoms with Crippen LogP contribution in [0.2, 0.25) is 0 Å². The highest BCUT2D eigenvalue weighted by molar-refractivity contribution is 4.80. The third-order valence-corrected chi connectivity index (χ3v) is 3.97. The second-order valence-electron chi connectivity index (χ2n) is 6.45. The third kappa shape index (κ3) is 4.57. The van der Waals surface area contributed by atoms with E-state index in [0.29, 0.717) is 6.04 Å². The van der Waals surface area contributed by atoms with Crippen LogP contribution in [0.5, 0.6) is 0 Å². The summed E-state index contributed by atoms with van der Waals surface area (Å²) in [6, 6.07) is 0.653. The first-order chi connectivity index (χ1) is 7.84. The maximum absolute atomic E-state index is 10.0. The summed E-state index contributed by atoms with van der Waals surface area (Å²) in [5.41, 5.74) is 0.0108. The third-order valence-electron chi connectivity index (χ3n) is 3.97. The van der Waals surface area contributed by atoms with Crippen LogP contribution >= 0.6 is 0 Å². The van der Waals surface area contributed by atoms with Crippen molar-refractivity contribution in [3.63, 3.8) is 0 Å². The molecule has 17 heavy (non-hydrogen) atoms. The molecule has 0 aliphatic carbocycles. The van der Waals surface area contributed by atoms with Crippen molar-refractivity contribution in [1.29, 1.82) is 0 Å². The Labute approximate surface area is 107 Å². The predicted octanol–water partition coefficient (Wildman–Crippen LogP) is 1.81. The predicted molar refractivity (Wildman–Crippen MR) is 73.2 cm³/mol. The van der Waals surface area contributed by atoms with Gasteiger partial charge in [-0.05, 0) is 25.3 Å². The van der Waals surface area contributed by atoms with Crippen molar-refractivity contribution in [2.45, 2.75) is 53.2 Å². The lowest BCUT2D eigenvalue weighted by molar-refractivity contribution is 0.0309. The summed E-state index contributed by atoms with van der Waals surface area (Å²) in [7, 11) is 0. The Bertz CT molecular complexity index is 225. The molecule has 0 spiro atoms. The Morgan fingerprint density at radius 3 is 2.41 bits per heavy atom. The Morgan fingerprint density at radius 1 is 1.29 bits per heavy atom.